The van der Waals surface area contributed by atoms with Gasteiger partial charge in [-0.3, -0.25) is 15.0 Å². The average molecular weight is 330 g/mol. The summed E-state index contributed by atoms with van der Waals surface area (Å²) in [4.78, 5) is 12.9. The second-order valence-corrected chi connectivity index (χ2v) is 6.87. The van der Waals surface area contributed by atoms with Crippen LogP contribution in [0.25, 0.3) is 5.76 Å². The van der Waals surface area contributed by atoms with Gasteiger partial charge in [-0.05, 0) is 43.4 Å². The molecule has 1 aromatic rings. The first-order valence-corrected chi connectivity index (χ1v) is 8.97. The van der Waals surface area contributed by atoms with Gasteiger partial charge in [-0.1, -0.05) is 20.3 Å². The predicted molar refractivity (Wildman–Crippen MR) is 94.3 cm³/mol. The van der Waals surface area contributed by atoms with Gasteiger partial charge in [0.15, 0.2) is 6.23 Å². The highest BCUT2D eigenvalue weighted by molar-refractivity contribution is 5.62. The van der Waals surface area contributed by atoms with Gasteiger partial charge in [0.05, 0.1) is 4.92 Å². The first-order chi connectivity index (χ1) is 11.6. The molecule has 3 rings (SSSR count). The van der Waals surface area contributed by atoms with Crippen LogP contribution in [0.15, 0.2) is 30.3 Å². The minimum atomic E-state index is -0.368. The van der Waals surface area contributed by atoms with Gasteiger partial charge in [-0.2, -0.15) is 0 Å². The Balaban J connectivity index is 1.84. The van der Waals surface area contributed by atoms with Crippen molar-refractivity contribution in [3.05, 3.63) is 46.0 Å². The average Bonchev–Trinajstić information content (AvgIpc) is 2.62. The summed E-state index contributed by atoms with van der Waals surface area (Å²) in [6.07, 6.45) is 7.16. The molecule has 3 atom stereocenters. The molecule has 0 spiro atoms. The van der Waals surface area contributed by atoms with Gasteiger partial charge in [-0.25, -0.2) is 0 Å². The number of nitro groups is 1. The largest absolute Gasteiger partial charge is 0.475 e. The molecule has 0 radical (unpaired) electrons. The SMILES string of the molecule is CC[C@H]1C=C(c2ccc([N+](=O)[O-])cc2)O[C@@H](N2CCCCC2)[C@@H]1C. The fraction of sp³-hybridized carbons (Fsp3) is 0.579. The van der Waals surface area contributed by atoms with Crippen LogP contribution in [0.4, 0.5) is 5.69 Å². The zero-order valence-corrected chi connectivity index (χ0v) is 14.5. The van der Waals surface area contributed by atoms with Gasteiger partial charge in [0.25, 0.3) is 5.69 Å². The summed E-state index contributed by atoms with van der Waals surface area (Å²) in [6, 6.07) is 6.68. The number of non-ortho nitro benzene ring substituents is 1. The summed E-state index contributed by atoms with van der Waals surface area (Å²) in [6.45, 7) is 6.68. The van der Waals surface area contributed by atoms with Crippen LogP contribution in [0, 0.1) is 22.0 Å². The highest BCUT2D eigenvalue weighted by atomic mass is 16.6. The third kappa shape index (κ3) is 3.46. The molecule has 2 heterocycles. The molecular weight excluding hydrogens is 304 g/mol. The summed E-state index contributed by atoms with van der Waals surface area (Å²) in [7, 11) is 0. The number of benzene rings is 1. The standard InChI is InChI=1S/C19H26N2O3/c1-3-15-13-18(16-7-9-17(10-8-16)21(22)23)24-19(14(15)2)20-11-5-4-6-12-20/h7-10,13-15,19H,3-6,11-12H2,1-2H3/t14-,15+,19-/m1/s1. The lowest BCUT2D eigenvalue weighted by molar-refractivity contribution is -0.384. The van der Waals surface area contributed by atoms with Gasteiger partial charge in [0.1, 0.15) is 5.76 Å². The molecule has 2 aliphatic heterocycles. The van der Waals surface area contributed by atoms with Crippen LogP contribution < -0.4 is 0 Å². The number of nitrogens with zero attached hydrogens (tertiary/aromatic N) is 2. The Kier molecular flexibility index (Phi) is 5.19. The Morgan fingerprint density at radius 1 is 1.21 bits per heavy atom. The number of nitro benzene ring substituents is 1. The second-order valence-electron chi connectivity index (χ2n) is 6.87. The van der Waals surface area contributed by atoms with Crippen LogP contribution in [0.5, 0.6) is 0 Å². The van der Waals surface area contributed by atoms with Crippen molar-refractivity contribution in [3.63, 3.8) is 0 Å². The van der Waals surface area contributed by atoms with Crippen LogP contribution >= 0.6 is 0 Å². The molecule has 0 saturated carbocycles. The molecule has 0 N–H and O–H groups in total. The molecule has 24 heavy (non-hydrogen) atoms. The molecular formula is C19H26N2O3. The molecule has 0 aromatic heterocycles. The van der Waals surface area contributed by atoms with Crippen molar-refractivity contribution in [3.8, 4) is 0 Å². The van der Waals surface area contributed by atoms with Gasteiger partial charge < -0.3 is 4.74 Å². The number of piperidine rings is 1. The van der Waals surface area contributed by atoms with E-state index in [1.807, 2.05) is 0 Å². The Morgan fingerprint density at radius 3 is 2.46 bits per heavy atom. The molecule has 1 saturated heterocycles. The topological polar surface area (TPSA) is 55.6 Å². The first-order valence-electron chi connectivity index (χ1n) is 8.97. The van der Waals surface area contributed by atoms with E-state index in [1.54, 1.807) is 24.3 Å². The van der Waals surface area contributed by atoms with Crippen LogP contribution in [0.1, 0.15) is 45.1 Å². The maximum atomic E-state index is 10.8. The summed E-state index contributed by atoms with van der Waals surface area (Å²) < 4.78 is 6.37. The van der Waals surface area contributed by atoms with Gasteiger partial charge in [-0.15, -0.1) is 0 Å². The van der Waals surface area contributed by atoms with E-state index in [2.05, 4.69) is 24.8 Å². The molecule has 130 valence electrons. The zero-order valence-electron chi connectivity index (χ0n) is 14.5. The van der Waals surface area contributed by atoms with Crippen molar-refractivity contribution in [2.24, 2.45) is 11.8 Å². The van der Waals surface area contributed by atoms with E-state index in [4.69, 9.17) is 4.74 Å². The molecule has 2 aliphatic rings. The van der Waals surface area contributed by atoms with Crippen molar-refractivity contribution in [2.45, 2.75) is 45.8 Å². The Labute approximate surface area is 143 Å². The summed E-state index contributed by atoms with van der Waals surface area (Å²) in [5.41, 5.74) is 1.04. The van der Waals surface area contributed by atoms with E-state index in [0.29, 0.717) is 11.8 Å². The van der Waals surface area contributed by atoms with Crippen molar-refractivity contribution in [1.29, 1.82) is 0 Å². The smallest absolute Gasteiger partial charge is 0.269 e. The number of allylic oxidation sites excluding steroid dienone is 1. The van der Waals surface area contributed by atoms with Crippen molar-refractivity contribution in [1.82, 2.24) is 4.90 Å². The molecule has 5 nitrogen and oxygen atoms in total. The van der Waals surface area contributed by atoms with Gasteiger partial charge in [0, 0.05) is 36.7 Å². The van der Waals surface area contributed by atoms with Crippen LogP contribution in [-0.4, -0.2) is 29.1 Å². The molecule has 0 unspecified atom stereocenters. The Hall–Kier alpha value is -1.88. The highest BCUT2D eigenvalue weighted by Gasteiger charge is 2.35. The predicted octanol–water partition coefficient (Wildman–Crippen LogP) is 4.44. The molecule has 0 aliphatic carbocycles. The van der Waals surface area contributed by atoms with Crippen LogP contribution in [0.3, 0.4) is 0 Å². The number of ether oxygens (including phenoxy) is 1. The minimum absolute atomic E-state index is 0.102. The quantitative estimate of drug-likeness (QED) is 0.605. The normalized spacial score (nSPS) is 28.1. The Morgan fingerprint density at radius 2 is 1.88 bits per heavy atom. The molecule has 0 amide bonds. The fourth-order valence-corrected chi connectivity index (χ4v) is 3.82. The third-order valence-electron chi connectivity index (χ3n) is 5.32. The summed E-state index contributed by atoms with van der Waals surface area (Å²) in [5, 5.41) is 10.8. The van der Waals surface area contributed by atoms with Crippen molar-refractivity contribution in [2.75, 3.05) is 13.1 Å². The lowest BCUT2D eigenvalue weighted by atomic mass is 9.85. The van der Waals surface area contributed by atoms with E-state index in [0.717, 1.165) is 30.8 Å². The molecule has 1 fully saturated rings. The van der Waals surface area contributed by atoms with E-state index in [9.17, 15) is 10.1 Å². The third-order valence-corrected chi connectivity index (χ3v) is 5.32. The number of hydrogen-bond acceptors (Lipinski definition) is 4. The van der Waals surface area contributed by atoms with Crippen LogP contribution in [-0.2, 0) is 4.74 Å². The molecule has 5 heteroatoms. The molecule has 1 aromatic carbocycles. The van der Waals surface area contributed by atoms with E-state index < -0.39 is 0 Å². The number of likely N-dealkylation sites (tertiary alicyclic amines) is 1. The minimum Gasteiger partial charge on any atom is -0.475 e. The lowest BCUT2D eigenvalue weighted by Crippen LogP contribution is -2.47. The number of rotatable bonds is 4. The molecule has 0 bridgehead atoms. The van der Waals surface area contributed by atoms with Crippen molar-refractivity contribution < 1.29 is 9.66 Å². The van der Waals surface area contributed by atoms with E-state index in [-0.39, 0.29) is 16.8 Å². The van der Waals surface area contributed by atoms with Gasteiger partial charge >= 0.3 is 0 Å². The van der Waals surface area contributed by atoms with Crippen molar-refractivity contribution >= 4 is 11.4 Å². The monoisotopic (exact) mass is 330 g/mol. The first kappa shape index (κ1) is 17.0. The highest BCUT2D eigenvalue weighted by Crippen LogP contribution is 2.37. The zero-order chi connectivity index (χ0) is 17.1. The maximum Gasteiger partial charge on any atom is 0.269 e. The van der Waals surface area contributed by atoms with Gasteiger partial charge in [0.2, 0.25) is 0 Å². The van der Waals surface area contributed by atoms with E-state index >= 15 is 0 Å². The van der Waals surface area contributed by atoms with E-state index in [1.165, 1.54) is 19.3 Å². The summed E-state index contributed by atoms with van der Waals surface area (Å²) in [5.74, 6) is 1.79. The second kappa shape index (κ2) is 7.34. The number of hydrogen-bond donors (Lipinski definition) is 0. The Bertz CT molecular complexity index is 606. The van der Waals surface area contributed by atoms with Crippen LogP contribution in [0.2, 0.25) is 0 Å². The fourth-order valence-electron chi connectivity index (χ4n) is 3.82. The maximum absolute atomic E-state index is 10.8. The summed E-state index contributed by atoms with van der Waals surface area (Å²) >= 11 is 0. The lowest BCUT2D eigenvalue weighted by Gasteiger charge is -2.43.